The third kappa shape index (κ3) is 4.67. The van der Waals surface area contributed by atoms with Crippen molar-refractivity contribution < 1.29 is 17.9 Å². The van der Waals surface area contributed by atoms with Crippen LogP contribution in [0, 0.1) is 0 Å². The lowest BCUT2D eigenvalue weighted by Crippen LogP contribution is -2.17. The van der Waals surface area contributed by atoms with E-state index in [1.54, 1.807) is 10.9 Å². The van der Waals surface area contributed by atoms with Crippen LogP contribution >= 0.6 is 15.9 Å². The lowest BCUT2D eigenvalue weighted by Gasteiger charge is -2.08. The quantitative estimate of drug-likeness (QED) is 0.828. The fourth-order valence-corrected chi connectivity index (χ4v) is 1.58. The monoisotopic (exact) mass is 314 g/mol. The van der Waals surface area contributed by atoms with E-state index >= 15 is 0 Å². The molecule has 0 unspecified atom stereocenters. The Bertz CT molecular complexity index is 365. The second kappa shape index (κ2) is 5.86. The van der Waals surface area contributed by atoms with E-state index in [-0.39, 0.29) is 12.6 Å². The Kier molecular flexibility index (Phi) is 5.00. The molecule has 0 N–H and O–H groups in total. The van der Waals surface area contributed by atoms with Gasteiger partial charge < -0.3 is 4.74 Å². The number of nitrogens with zero attached hydrogens (tertiary/aromatic N) is 2. The summed E-state index contributed by atoms with van der Waals surface area (Å²) in [5.74, 6) is 0. The lowest BCUT2D eigenvalue weighted by molar-refractivity contribution is -0.176. The van der Waals surface area contributed by atoms with Crippen LogP contribution in [0.25, 0.3) is 0 Å². The zero-order chi connectivity index (χ0) is 13.1. The van der Waals surface area contributed by atoms with Crippen molar-refractivity contribution in [3.63, 3.8) is 0 Å². The van der Waals surface area contributed by atoms with Gasteiger partial charge in [-0.3, -0.25) is 4.68 Å². The minimum atomic E-state index is -4.30. The fraction of sp³-hybridized carbons (Fsp3) is 0.700. The Balaban J connectivity index is 2.57. The Morgan fingerprint density at radius 2 is 2.18 bits per heavy atom. The molecule has 1 atom stereocenters. The summed E-state index contributed by atoms with van der Waals surface area (Å²) in [5.41, 5.74) is 0.481. The predicted octanol–water partition coefficient (Wildman–Crippen LogP) is 3.70. The molecule has 0 aliphatic rings. The van der Waals surface area contributed by atoms with Crippen LogP contribution < -0.4 is 0 Å². The van der Waals surface area contributed by atoms with Gasteiger partial charge in [0.25, 0.3) is 0 Å². The van der Waals surface area contributed by atoms with E-state index in [1.165, 1.54) is 0 Å². The topological polar surface area (TPSA) is 27.1 Å². The summed E-state index contributed by atoms with van der Waals surface area (Å²) in [7, 11) is 0. The number of hydrogen-bond donors (Lipinski definition) is 0. The van der Waals surface area contributed by atoms with Gasteiger partial charge in [0.05, 0.1) is 11.1 Å². The summed E-state index contributed by atoms with van der Waals surface area (Å²) in [4.78, 5) is 0. The Hall–Kier alpha value is -0.560. The molecule has 0 saturated heterocycles. The van der Waals surface area contributed by atoms with E-state index in [0.29, 0.717) is 10.2 Å². The zero-order valence-corrected chi connectivity index (χ0v) is 11.2. The molecule has 98 valence electrons. The molecule has 0 aliphatic carbocycles. The van der Waals surface area contributed by atoms with Crippen LogP contribution in [0.5, 0.6) is 0 Å². The van der Waals surface area contributed by atoms with Crippen LogP contribution in [0.4, 0.5) is 13.2 Å². The van der Waals surface area contributed by atoms with Crippen molar-refractivity contribution in [3.05, 3.63) is 16.4 Å². The summed E-state index contributed by atoms with van der Waals surface area (Å²) in [5, 5.41) is 4.18. The van der Waals surface area contributed by atoms with Crippen LogP contribution in [0.1, 0.15) is 32.0 Å². The van der Waals surface area contributed by atoms with Crippen molar-refractivity contribution in [3.8, 4) is 0 Å². The average molecular weight is 315 g/mol. The molecule has 0 amide bonds. The Morgan fingerprint density at radius 3 is 2.71 bits per heavy atom. The van der Waals surface area contributed by atoms with E-state index < -0.39 is 12.8 Å². The second-order valence-electron chi connectivity index (χ2n) is 3.77. The normalized spacial score (nSPS) is 14.0. The molecule has 0 aromatic carbocycles. The first kappa shape index (κ1) is 14.5. The molecule has 17 heavy (non-hydrogen) atoms. The number of rotatable bonds is 5. The predicted molar refractivity (Wildman–Crippen MR) is 60.6 cm³/mol. The van der Waals surface area contributed by atoms with Crippen molar-refractivity contribution in [1.82, 2.24) is 9.78 Å². The van der Waals surface area contributed by atoms with Crippen LogP contribution in [0.3, 0.4) is 0 Å². The Morgan fingerprint density at radius 1 is 1.53 bits per heavy atom. The second-order valence-corrected chi connectivity index (χ2v) is 4.62. The summed E-state index contributed by atoms with van der Waals surface area (Å²) >= 11 is 3.25. The number of alkyl halides is 3. The molecule has 3 nitrogen and oxygen atoms in total. The fourth-order valence-electron chi connectivity index (χ4n) is 1.18. The maximum absolute atomic E-state index is 11.9. The van der Waals surface area contributed by atoms with Gasteiger partial charge in [-0.05, 0) is 29.3 Å². The molecule has 1 rings (SSSR count). The number of hydrogen-bond acceptors (Lipinski definition) is 2. The summed E-state index contributed by atoms with van der Waals surface area (Å²) in [6, 6.07) is 0.211. The minimum absolute atomic E-state index is 0.149. The van der Waals surface area contributed by atoms with E-state index in [0.717, 1.165) is 6.42 Å². The minimum Gasteiger partial charge on any atom is -0.366 e. The maximum Gasteiger partial charge on any atom is 0.411 e. The summed E-state index contributed by atoms with van der Waals surface area (Å²) in [6.07, 6.45) is -1.65. The molecule has 0 spiro atoms. The van der Waals surface area contributed by atoms with Gasteiger partial charge in [0.2, 0.25) is 0 Å². The molecule has 0 bridgehead atoms. The van der Waals surface area contributed by atoms with Gasteiger partial charge in [-0.15, -0.1) is 0 Å². The van der Waals surface area contributed by atoms with Gasteiger partial charge >= 0.3 is 6.18 Å². The summed E-state index contributed by atoms with van der Waals surface area (Å²) < 4.78 is 42.6. The number of aromatic nitrogens is 2. The van der Waals surface area contributed by atoms with Crippen molar-refractivity contribution in [1.29, 1.82) is 0 Å². The molecular weight excluding hydrogens is 301 g/mol. The zero-order valence-electron chi connectivity index (χ0n) is 9.59. The highest BCUT2D eigenvalue weighted by Crippen LogP contribution is 2.21. The van der Waals surface area contributed by atoms with Crippen molar-refractivity contribution in [2.24, 2.45) is 0 Å². The lowest BCUT2D eigenvalue weighted by atomic mass is 10.3. The highest BCUT2D eigenvalue weighted by atomic mass is 79.9. The SMILES string of the molecule is CC[C@H](C)n1cc(Br)c(COCC(F)(F)F)n1. The first-order valence-electron chi connectivity index (χ1n) is 5.21. The van der Waals surface area contributed by atoms with Gasteiger partial charge in [-0.2, -0.15) is 18.3 Å². The first-order chi connectivity index (χ1) is 7.83. The molecular formula is C10H14BrF3N2O. The van der Waals surface area contributed by atoms with Crippen LogP contribution in [0.15, 0.2) is 10.7 Å². The Labute approximate surface area is 106 Å². The third-order valence-electron chi connectivity index (χ3n) is 2.30. The number of halogens is 4. The molecule has 1 heterocycles. The average Bonchev–Trinajstić information content (AvgIpc) is 2.57. The smallest absolute Gasteiger partial charge is 0.366 e. The van der Waals surface area contributed by atoms with Gasteiger partial charge in [0.1, 0.15) is 12.3 Å². The van der Waals surface area contributed by atoms with Crippen molar-refractivity contribution >= 4 is 15.9 Å². The van der Waals surface area contributed by atoms with Gasteiger partial charge in [-0.25, -0.2) is 0 Å². The molecule has 7 heteroatoms. The standard InChI is InChI=1S/C10H14BrF3N2O/c1-3-7(2)16-4-8(11)9(15-16)5-17-6-10(12,13)14/h4,7H,3,5-6H2,1-2H3/t7-/m0/s1. The highest BCUT2D eigenvalue weighted by molar-refractivity contribution is 9.10. The van der Waals surface area contributed by atoms with E-state index in [4.69, 9.17) is 0 Å². The molecule has 0 radical (unpaired) electrons. The van der Waals surface area contributed by atoms with E-state index in [9.17, 15) is 13.2 Å². The molecule has 0 aliphatic heterocycles. The van der Waals surface area contributed by atoms with Crippen molar-refractivity contribution in [2.75, 3.05) is 6.61 Å². The largest absolute Gasteiger partial charge is 0.411 e. The van der Waals surface area contributed by atoms with Crippen LogP contribution in [-0.4, -0.2) is 22.6 Å². The first-order valence-corrected chi connectivity index (χ1v) is 6.00. The van der Waals surface area contributed by atoms with Gasteiger partial charge in [0, 0.05) is 12.2 Å². The van der Waals surface area contributed by atoms with E-state index in [2.05, 4.69) is 25.8 Å². The van der Waals surface area contributed by atoms with Crippen LogP contribution in [-0.2, 0) is 11.3 Å². The van der Waals surface area contributed by atoms with Gasteiger partial charge in [0.15, 0.2) is 0 Å². The molecule has 1 aromatic heterocycles. The highest BCUT2D eigenvalue weighted by Gasteiger charge is 2.27. The molecule has 1 aromatic rings. The molecule has 0 saturated carbocycles. The molecule has 0 fully saturated rings. The third-order valence-corrected chi connectivity index (χ3v) is 2.97. The number of ether oxygens (including phenoxy) is 1. The van der Waals surface area contributed by atoms with Crippen molar-refractivity contribution in [2.45, 2.75) is 39.1 Å². The summed E-state index contributed by atoms with van der Waals surface area (Å²) in [6.45, 7) is 2.60. The van der Waals surface area contributed by atoms with Gasteiger partial charge in [-0.1, -0.05) is 6.92 Å². The van der Waals surface area contributed by atoms with E-state index in [1.807, 2.05) is 13.8 Å². The van der Waals surface area contributed by atoms with Crippen LogP contribution in [0.2, 0.25) is 0 Å². The maximum atomic E-state index is 11.9.